The van der Waals surface area contributed by atoms with Gasteiger partial charge in [0.1, 0.15) is 5.25 Å². The van der Waals surface area contributed by atoms with E-state index in [0.29, 0.717) is 25.9 Å². The third-order valence-corrected chi connectivity index (χ3v) is 8.59. The number of halogens is 1. The molecule has 1 saturated carbocycles. The first-order chi connectivity index (χ1) is 11.2. The van der Waals surface area contributed by atoms with Gasteiger partial charge in [-0.15, -0.1) is 12.4 Å². The molecule has 1 heterocycles. The summed E-state index contributed by atoms with van der Waals surface area (Å²) in [7, 11) is -3.43. The van der Waals surface area contributed by atoms with E-state index in [1.54, 1.807) is 4.90 Å². The van der Waals surface area contributed by atoms with E-state index in [9.17, 15) is 13.2 Å². The molecule has 5 nitrogen and oxygen atoms in total. The zero-order valence-corrected chi connectivity index (χ0v) is 17.4. The van der Waals surface area contributed by atoms with Gasteiger partial charge in [0.2, 0.25) is 5.91 Å². The number of sulfone groups is 1. The highest BCUT2D eigenvalue weighted by Gasteiger charge is 2.43. The lowest BCUT2D eigenvalue weighted by Crippen LogP contribution is -2.53. The van der Waals surface area contributed by atoms with Gasteiger partial charge in [0.05, 0.1) is 5.25 Å². The summed E-state index contributed by atoms with van der Waals surface area (Å²) < 4.78 is 26.3. The molecule has 3 unspecified atom stereocenters. The van der Waals surface area contributed by atoms with E-state index in [-0.39, 0.29) is 41.4 Å². The molecule has 0 spiro atoms. The topological polar surface area (TPSA) is 80.5 Å². The van der Waals surface area contributed by atoms with Crippen LogP contribution in [-0.4, -0.2) is 48.9 Å². The summed E-state index contributed by atoms with van der Waals surface area (Å²) in [6, 6.07) is 0.0352. The van der Waals surface area contributed by atoms with Crippen molar-refractivity contribution < 1.29 is 13.2 Å². The van der Waals surface area contributed by atoms with Gasteiger partial charge in [0.25, 0.3) is 0 Å². The summed E-state index contributed by atoms with van der Waals surface area (Å²) in [5, 5.41) is -1.23. The molecule has 2 N–H and O–H groups in total. The van der Waals surface area contributed by atoms with E-state index < -0.39 is 15.1 Å². The number of carbonyl (C=O) groups excluding carboxylic acids is 1. The molecular weight excluding hydrogens is 360 g/mol. The molecule has 0 bridgehead atoms. The third kappa shape index (κ3) is 5.33. The van der Waals surface area contributed by atoms with Crippen LogP contribution in [0, 0.1) is 11.8 Å². The number of amides is 1. The zero-order chi connectivity index (χ0) is 17.9. The monoisotopic (exact) mass is 394 g/mol. The predicted octanol–water partition coefficient (Wildman–Crippen LogP) is 2.77. The second kappa shape index (κ2) is 9.56. The minimum Gasteiger partial charge on any atom is -0.341 e. The van der Waals surface area contributed by atoms with Gasteiger partial charge in [-0.05, 0) is 44.4 Å². The first-order valence-corrected chi connectivity index (χ1v) is 11.1. The van der Waals surface area contributed by atoms with Gasteiger partial charge in [-0.3, -0.25) is 4.79 Å². The largest absolute Gasteiger partial charge is 0.341 e. The van der Waals surface area contributed by atoms with Gasteiger partial charge < -0.3 is 10.6 Å². The molecule has 1 aliphatic carbocycles. The maximum atomic E-state index is 13.2. The van der Waals surface area contributed by atoms with Crippen LogP contribution in [0.15, 0.2) is 0 Å². The van der Waals surface area contributed by atoms with E-state index in [0.717, 1.165) is 32.1 Å². The van der Waals surface area contributed by atoms with Crippen LogP contribution in [0.1, 0.15) is 65.7 Å². The number of nitrogens with two attached hydrogens (primary N) is 1. The van der Waals surface area contributed by atoms with E-state index in [2.05, 4.69) is 0 Å². The van der Waals surface area contributed by atoms with Crippen LogP contribution in [0.4, 0.5) is 0 Å². The second-order valence-electron chi connectivity index (χ2n) is 8.06. The molecular formula is C18H35ClN2O3S. The molecule has 2 aliphatic rings. The van der Waals surface area contributed by atoms with Crippen LogP contribution in [0.2, 0.25) is 0 Å². The quantitative estimate of drug-likeness (QED) is 0.777. The van der Waals surface area contributed by atoms with Crippen molar-refractivity contribution in [1.29, 1.82) is 0 Å². The van der Waals surface area contributed by atoms with Crippen molar-refractivity contribution in [3.8, 4) is 0 Å². The van der Waals surface area contributed by atoms with Crippen molar-refractivity contribution in [2.45, 2.75) is 82.3 Å². The fourth-order valence-corrected chi connectivity index (χ4v) is 6.82. The van der Waals surface area contributed by atoms with Gasteiger partial charge in [-0.25, -0.2) is 8.42 Å². The number of piperidine rings is 1. The first-order valence-electron chi connectivity index (χ1n) is 9.52. The molecule has 0 radical (unpaired) electrons. The fourth-order valence-electron chi connectivity index (χ4n) is 4.23. The molecule has 1 amide bonds. The highest BCUT2D eigenvalue weighted by Crippen LogP contribution is 2.31. The SMILES string of the molecule is CC(C)C(C(=O)N1CCCC(C(C)N)C1)S(=O)(=O)C1CCCCC1.Cl. The molecule has 148 valence electrons. The van der Waals surface area contributed by atoms with Crippen molar-refractivity contribution in [2.24, 2.45) is 17.6 Å². The van der Waals surface area contributed by atoms with Gasteiger partial charge in [0, 0.05) is 19.1 Å². The summed E-state index contributed by atoms with van der Waals surface area (Å²) in [5.74, 6) is -0.117. The molecule has 1 aliphatic heterocycles. The van der Waals surface area contributed by atoms with Crippen LogP contribution in [0.5, 0.6) is 0 Å². The van der Waals surface area contributed by atoms with E-state index >= 15 is 0 Å². The highest BCUT2D eigenvalue weighted by atomic mass is 35.5. The Balaban J connectivity index is 0.00000312. The molecule has 2 fully saturated rings. The number of rotatable bonds is 5. The van der Waals surface area contributed by atoms with Crippen LogP contribution in [0.3, 0.4) is 0 Å². The first kappa shape index (κ1) is 22.7. The Morgan fingerprint density at radius 2 is 1.64 bits per heavy atom. The molecule has 0 aromatic rings. The lowest BCUT2D eigenvalue weighted by Gasteiger charge is -2.38. The highest BCUT2D eigenvalue weighted by molar-refractivity contribution is 7.93. The zero-order valence-electron chi connectivity index (χ0n) is 15.8. The lowest BCUT2D eigenvalue weighted by molar-refractivity contribution is -0.133. The maximum Gasteiger partial charge on any atom is 0.241 e. The number of carbonyl (C=O) groups is 1. The molecule has 3 atom stereocenters. The van der Waals surface area contributed by atoms with Crippen LogP contribution < -0.4 is 5.73 Å². The average molecular weight is 395 g/mol. The Hall–Kier alpha value is -0.330. The van der Waals surface area contributed by atoms with Gasteiger partial charge in [0.15, 0.2) is 9.84 Å². The second-order valence-corrected chi connectivity index (χ2v) is 10.4. The van der Waals surface area contributed by atoms with Crippen molar-refractivity contribution in [2.75, 3.05) is 13.1 Å². The molecule has 0 aromatic carbocycles. The Morgan fingerprint density at radius 3 is 2.16 bits per heavy atom. The molecule has 2 rings (SSSR count). The smallest absolute Gasteiger partial charge is 0.241 e. The summed E-state index contributed by atoms with van der Waals surface area (Å²) >= 11 is 0. The summed E-state index contributed by atoms with van der Waals surface area (Å²) in [6.07, 6.45) is 6.37. The molecule has 7 heteroatoms. The fraction of sp³-hybridized carbons (Fsp3) is 0.944. The summed E-state index contributed by atoms with van der Waals surface area (Å²) in [4.78, 5) is 14.9. The summed E-state index contributed by atoms with van der Waals surface area (Å²) in [6.45, 7) is 6.94. The minimum atomic E-state index is -3.43. The molecule has 1 saturated heterocycles. The predicted molar refractivity (Wildman–Crippen MR) is 105 cm³/mol. The minimum absolute atomic E-state index is 0. The lowest BCUT2D eigenvalue weighted by atomic mass is 9.91. The number of likely N-dealkylation sites (tertiary alicyclic amines) is 1. The van der Waals surface area contributed by atoms with Crippen molar-refractivity contribution in [3.63, 3.8) is 0 Å². The number of nitrogens with zero attached hydrogens (tertiary/aromatic N) is 1. The number of hydrogen-bond donors (Lipinski definition) is 1. The molecule has 0 aromatic heterocycles. The van der Waals surface area contributed by atoms with Gasteiger partial charge in [-0.2, -0.15) is 0 Å². The third-order valence-electron chi connectivity index (χ3n) is 5.73. The Labute approximate surface area is 159 Å². The Bertz CT molecular complexity index is 530. The Morgan fingerprint density at radius 1 is 1.04 bits per heavy atom. The van der Waals surface area contributed by atoms with Crippen molar-refractivity contribution in [3.05, 3.63) is 0 Å². The standard InChI is InChI=1S/C18H34N2O3S.ClH/c1-13(2)17(24(22,23)16-9-5-4-6-10-16)18(21)20-11-7-8-15(12-20)14(3)19;/h13-17H,4-12,19H2,1-3H3;1H. The van der Waals surface area contributed by atoms with Crippen molar-refractivity contribution >= 4 is 28.2 Å². The van der Waals surface area contributed by atoms with Crippen LogP contribution >= 0.6 is 12.4 Å². The normalized spacial score (nSPS) is 25.3. The average Bonchev–Trinajstić information content (AvgIpc) is 2.55. The summed E-state index contributed by atoms with van der Waals surface area (Å²) in [5.41, 5.74) is 6.01. The Kier molecular flexibility index (Phi) is 8.69. The van der Waals surface area contributed by atoms with Gasteiger partial charge >= 0.3 is 0 Å². The van der Waals surface area contributed by atoms with Gasteiger partial charge in [-0.1, -0.05) is 33.1 Å². The van der Waals surface area contributed by atoms with Crippen molar-refractivity contribution in [1.82, 2.24) is 4.90 Å². The van der Waals surface area contributed by atoms with Crippen LogP contribution in [-0.2, 0) is 14.6 Å². The van der Waals surface area contributed by atoms with E-state index in [1.807, 2.05) is 20.8 Å². The number of hydrogen-bond acceptors (Lipinski definition) is 4. The molecule has 25 heavy (non-hydrogen) atoms. The van der Waals surface area contributed by atoms with E-state index in [1.165, 1.54) is 0 Å². The maximum absolute atomic E-state index is 13.2. The van der Waals surface area contributed by atoms with Crippen LogP contribution in [0.25, 0.3) is 0 Å². The van der Waals surface area contributed by atoms with E-state index in [4.69, 9.17) is 5.73 Å².